The fourth-order valence-electron chi connectivity index (χ4n) is 2.02. The van der Waals surface area contributed by atoms with E-state index < -0.39 is 5.97 Å². The number of imidazole rings is 1. The van der Waals surface area contributed by atoms with E-state index in [2.05, 4.69) is 4.98 Å². The van der Waals surface area contributed by atoms with Gasteiger partial charge in [0.1, 0.15) is 5.76 Å². The number of nitrogen functional groups attached to an aromatic ring is 1. The van der Waals surface area contributed by atoms with Crippen molar-refractivity contribution < 1.29 is 14.3 Å². The number of anilines is 1. The number of carboxylic acids is 1. The highest BCUT2D eigenvalue weighted by Crippen LogP contribution is 2.23. The molecule has 1 aromatic carbocycles. The first-order valence-electron chi connectivity index (χ1n) is 5.78. The lowest BCUT2D eigenvalue weighted by atomic mass is 10.3. The molecule has 2 aromatic heterocycles. The smallest absolute Gasteiger partial charge is 0.371 e. The summed E-state index contributed by atoms with van der Waals surface area (Å²) in [5.74, 6) is -0.406. The van der Waals surface area contributed by atoms with Gasteiger partial charge in [0.25, 0.3) is 0 Å². The minimum Gasteiger partial charge on any atom is -0.475 e. The molecule has 0 spiro atoms. The number of fused-ring (bicyclic) bond motifs is 1. The maximum absolute atomic E-state index is 10.8. The van der Waals surface area contributed by atoms with Gasteiger partial charge in [-0.25, -0.2) is 9.78 Å². The lowest BCUT2D eigenvalue weighted by molar-refractivity contribution is 0.0660. The number of furan rings is 1. The van der Waals surface area contributed by atoms with Crippen molar-refractivity contribution in [3.8, 4) is 0 Å². The Morgan fingerprint density at radius 3 is 2.90 bits per heavy atom. The summed E-state index contributed by atoms with van der Waals surface area (Å²) in [6.45, 7) is 0.303. The van der Waals surface area contributed by atoms with Gasteiger partial charge in [0.15, 0.2) is 0 Å². The molecule has 0 unspecified atom stereocenters. The van der Waals surface area contributed by atoms with Crippen molar-refractivity contribution in [3.63, 3.8) is 0 Å². The van der Waals surface area contributed by atoms with Crippen molar-refractivity contribution in [3.05, 3.63) is 46.9 Å². The standard InChI is InChI=1S/C13H10ClN3O3/c14-7-1-3-10-9(5-7)16-13(15)17(10)6-8-2-4-11(20-8)12(18)19/h1-5H,6H2,(H2,15,16)(H,18,19). The number of halogens is 1. The molecular weight excluding hydrogens is 282 g/mol. The van der Waals surface area contributed by atoms with Crippen LogP contribution in [0.4, 0.5) is 5.95 Å². The van der Waals surface area contributed by atoms with Crippen LogP contribution in [0.25, 0.3) is 11.0 Å². The number of carbonyl (C=O) groups is 1. The topological polar surface area (TPSA) is 94.3 Å². The van der Waals surface area contributed by atoms with Crippen LogP contribution in [0.3, 0.4) is 0 Å². The van der Waals surface area contributed by atoms with Crippen LogP contribution in [0, 0.1) is 0 Å². The number of rotatable bonds is 3. The van der Waals surface area contributed by atoms with Gasteiger partial charge in [-0.15, -0.1) is 0 Å². The number of nitrogens with two attached hydrogens (primary N) is 1. The first-order chi connectivity index (χ1) is 9.54. The van der Waals surface area contributed by atoms with E-state index >= 15 is 0 Å². The monoisotopic (exact) mass is 291 g/mol. The van der Waals surface area contributed by atoms with Crippen LogP contribution in [0.1, 0.15) is 16.3 Å². The third kappa shape index (κ3) is 2.10. The second-order valence-electron chi connectivity index (χ2n) is 4.26. The van der Waals surface area contributed by atoms with Gasteiger partial charge in [0.2, 0.25) is 11.7 Å². The maximum Gasteiger partial charge on any atom is 0.371 e. The highest BCUT2D eigenvalue weighted by Gasteiger charge is 2.13. The van der Waals surface area contributed by atoms with Crippen LogP contribution in [-0.4, -0.2) is 20.6 Å². The molecule has 102 valence electrons. The molecule has 0 bridgehead atoms. The molecule has 0 aliphatic heterocycles. The van der Waals surface area contributed by atoms with E-state index in [4.69, 9.17) is 26.9 Å². The highest BCUT2D eigenvalue weighted by molar-refractivity contribution is 6.31. The minimum absolute atomic E-state index is 0.106. The SMILES string of the molecule is Nc1nc2cc(Cl)ccc2n1Cc1ccc(C(=O)O)o1. The summed E-state index contributed by atoms with van der Waals surface area (Å²) < 4.78 is 6.95. The number of hydrogen-bond donors (Lipinski definition) is 2. The van der Waals surface area contributed by atoms with Gasteiger partial charge in [0.05, 0.1) is 17.6 Å². The van der Waals surface area contributed by atoms with Crippen LogP contribution in [0.15, 0.2) is 34.7 Å². The number of hydrogen-bond acceptors (Lipinski definition) is 4. The minimum atomic E-state index is -1.11. The first-order valence-corrected chi connectivity index (χ1v) is 6.15. The molecule has 20 heavy (non-hydrogen) atoms. The molecule has 0 fully saturated rings. The zero-order valence-electron chi connectivity index (χ0n) is 10.2. The predicted molar refractivity (Wildman–Crippen MR) is 73.9 cm³/mol. The summed E-state index contributed by atoms with van der Waals surface area (Å²) in [7, 11) is 0. The second-order valence-corrected chi connectivity index (χ2v) is 4.70. The largest absolute Gasteiger partial charge is 0.475 e. The Morgan fingerprint density at radius 1 is 1.40 bits per heavy atom. The molecular formula is C13H10ClN3O3. The van der Waals surface area contributed by atoms with Crippen molar-refractivity contribution in [1.29, 1.82) is 0 Å². The number of nitrogens with zero attached hydrogens (tertiary/aromatic N) is 2. The molecule has 0 atom stereocenters. The predicted octanol–water partition coefficient (Wildman–Crippen LogP) is 2.61. The summed E-state index contributed by atoms with van der Waals surface area (Å²) >= 11 is 5.90. The van der Waals surface area contributed by atoms with E-state index in [0.717, 1.165) is 5.52 Å². The van der Waals surface area contributed by atoms with Gasteiger partial charge < -0.3 is 19.8 Å². The number of carboxylic acid groups (broad SMARTS) is 1. The van der Waals surface area contributed by atoms with E-state index in [1.54, 1.807) is 22.8 Å². The van der Waals surface area contributed by atoms with E-state index in [1.165, 1.54) is 6.07 Å². The molecule has 3 aromatic rings. The van der Waals surface area contributed by atoms with Gasteiger partial charge in [-0.2, -0.15) is 0 Å². The average Bonchev–Trinajstić information content (AvgIpc) is 2.96. The summed E-state index contributed by atoms with van der Waals surface area (Å²) in [4.78, 5) is 15.0. The quantitative estimate of drug-likeness (QED) is 0.773. The highest BCUT2D eigenvalue weighted by atomic mass is 35.5. The number of aromatic nitrogens is 2. The van der Waals surface area contributed by atoms with Gasteiger partial charge in [-0.3, -0.25) is 0 Å². The Hall–Kier alpha value is -2.47. The summed E-state index contributed by atoms with van der Waals surface area (Å²) in [5.41, 5.74) is 7.35. The van der Waals surface area contributed by atoms with Crippen molar-refractivity contribution in [2.24, 2.45) is 0 Å². The normalized spacial score (nSPS) is 11.1. The van der Waals surface area contributed by atoms with Crippen molar-refractivity contribution >= 4 is 34.6 Å². The van der Waals surface area contributed by atoms with Gasteiger partial charge in [0, 0.05) is 5.02 Å². The molecule has 0 aliphatic rings. The van der Waals surface area contributed by atoms with Crippen LogP contribution in [0.2, 0.25) is 5.02 Å². The Kier molecular flexibility index (Phi) is 2.87. The summed E-state index contributed by atoms with van der Waals surface area (Å²) in [6, 6.07) is 8.28. The van der Waals surface area contributed by atoms with Crippen LogP contribution in [0.5, 0.6) is 0 Å². The van der Waals surface area contributed by atoms with Crippen LogP contribution >= 0.6 is 11.6 Å². The molecule has 0 saturated heterocycles. The van der Waals surface area contributed by atoms with E-state index in [1.807, 2.05) is 6.07 Å². The zero-order chi connectivity index (χ0) is 14.3. The van der Waals surface area contributed by atoms with Crippen molar-refractivity contribution in [1.82, 2.24) is 9.55 Å². The summed E-state index contributed by atoms with van der Waals surface area (Å²) in [5, 5.41) is 9.41. The van der Waals surface area contributed by atoms with Crippen molar-refractivity contribution in [2.75, 3.05) is 5.73 Å². The van der Waals surface area contributed by atoms with Gasteiger partial charge >= 0.3 is 5.97 Å². The number of benzene rings is 1. The fourth-order valence-corrected chi connectivity index (χ4v) is 2.19. The average molecular weight is 292 g/mol. The molecule has 0 saturated carbocycles. The van der Waals surface area contributed by atoms with Gasteiger partial charge in [-0.1, -0.05) is 11.6 Å². The molecule has 3 rings (SSSR count). The Balaban J connectivity index is 2.01. The summed E-state index contributed by atoms with van der Waals surface area (Å²) in [6.07, 6.45) is 0. The van der Waals surface area contributed by atoms with E-state index in [9.17, 15) is 4.79 Å². The fraction of sp³-hybridized carbons (Fsp3) is 0.0769. The third-order valence-corrected chi connectivity index (χ3v) is 3.16. The molecule has 0 radical (unpaired) electrons. The molecule has 6 nitrogen and oxygen atoms in total. The van der Waals surface area contributed by atoms with Crippen LogP contribution in [-0.2, 0) is 6.54 Å². The lowest BCUT2D eigenvalue weighted by Gasteiger charge is -2.03. The Bertz CT molecular complexity index is 806. The van der Waals surface area contributed by atoms with E-state index in [0.29, 0.717) is 28.8 Å². The second kappa shape index (κ2) is 4.57. The lowest BCUT2D eigenvalue weighted by Crippen LogP contribution is -2.03. The molecule has 2 heterocycles. The Labute approximate surface area is 118 Å². The Morgan fingerprint density at radius 2 is 2.20 bits per heavy atom. The number of aromatic carboxylic acids is 1. The maximum atomic E-state index is 10.8. The zero-order valence-corrected chi connectivity index (χ0v) is 11.0. The van der Waals surface area contributed by atoms with Crippen molar-refractivity contribution in [2.45, 2.75) is 6.54 Å². The first kappa shape index (κ1) is 12.6. The molecule has 3 N–H and O–H groups in total. The van der Waals surface area contributed by atoms with E-state index in [-0.39, 0.29) is 5.76 Å². The molecule has 0 aliphatic carbocycles. The van der Waals surface area contributed by atoms with Crippen LogP contribution < -0.4 is 5.73 Å². The third-order valence-electron chi connectivity index (χ3n) is 2.93. The van der Waals surface area contributed by atoms with Gasteiger partial charge in [-0.05, 0) is 30.3 Å². The molecule has 0 amide bonds. The molecule has 7 heteroatoms.